The van der Waals surface area contributed by atoms with Gasteiger partial charge in [-0.2, -0.15) is 0 Å². The van der Waals surface area contributed by atoms with Crippen molar-refractivity contribution in [3.63, 3.8) is 0 Å². The fourth-order valence-corrected chi connectivity index (χ4v) is 1.34. The summed E-state index contributed by atoms with van der Waals surface area (Å²) in [5, 5.41) is 0. The quantitative estimate of drug-likeness (QED) is 0.593. The van der Waals surface area contributed by atoms with Gasteiger partial charge in [-0.15, -0.1) is 0 Å². The van der Waals surface area contributed by atoms with Crippen molar-refractivity contribution >= 4 is 0 Å². The molecule has 2 heteroatoms. The van der Waals surface area contributed by atoms with Gasteiger partial charge in [-0.25, -0.2) is 0 Å². The smallest absolute Gasteiger partial charge is 0.0112 e. The fraction of sp³-hybridized carbons (Fsp3) is 1.00. The van der Waals surface area contributed by atoms with E-state index in [1.54, 1.807) is 0 Å². The van der Waals surface area contributed by atoms with E-state index in [1.807, 2.05) is 13.8 Å². The van der Waals surface area contributed by atoms with Crippen molar-refractivity contribution in [2.24, 2.45) is 0 Å². The van der Waals surface area contributed by atoms with E-state index in [4.69, 9.17) is 0 Å². The van der Waals surface area contributed by atoms with Crippen LogP contribution in [0.3, 0.4) is 0 Å². The van der Waals surface area contributed by atoms with Crippen LogP contribution in [0.15, 0.2) is 0 Å². The second-order valence-corrected chi connectivity index (χ2v) is 3.43. The molecule has 0 spiro atoms. The molecule has 1 fully saturated rings. The van der Waals surface area contributed by atoms with Crippen LogP contribution in [-0.2, 0) is 0 Å². The predicted molar refractivity (Wildman–Crippen MR) is 55.6 cm³/mol. The molecule has 1 aliphatic heterocycles. The topological polar surface area (TPSA) is 6.48 Å². The highest BCUT2D eigenvalue weighted by Crippen LogP contribution is 2.02. The summed E-state index contributed by atoms with van der Waals surface area (Å²) in [5.74, 6) is 0. The minimum atomic E-state index is 0.730. The predicted octanol–water partition coefficient (Wildman–Crippen LogP) is 1.67. The van der Waals surface area contributed by atoms with E-state index < -0.39 is 0 Å². The van der Waals surface area contributed by atoms with Gasteiger partial charge in [-0.1, -0.05) is 13.8 Å². The van der Waals surface area contributed by atoms with Gasteiger partial charge in [-0.3, -0.25) is 4.90 Å². The maximum Gasteiger partial charge on any atom is 0.0112 e. The van der Waals surface area contributed by atoms with Gasteiger partial charge < -0.3 is 4.90 Å². The maximum absolute atomic E-state index is 2.53. The molecule has 2 nitrogen and oxygen atoms in total. The van der Waals surface area contributed by atoms with E-state index in [9.17, 15) is 0 Å². The van der Waals surface area contributed by atoms with Crippen LogP contribution in [0.2, 0.25) is 0 Å². The molecule has 1 aliphatic rings. The normalized spacial score (nSPS) is 20.5. The molecule has 0 aromatic rings. The van der Waals surface area contributed by atoms with E-state index in [1.165, 1.54) is 26.2 Å². The van der Waals surface area contributed by atoms with Crippen molar-refractivity contribution in [1.82, 2.24) is 9.80 Å². The van der Waals surface area contributed by atoms with Gasteiger partial charge in [0.2, 0.25) is 0 Å². The average Bonchev–Trinajstić information content (AvgIpc) is 2.09. The molecule has 0 N–H and O–H groups in total. The van der Waals surface area contributed by atoms with Crippen molar-refractivity contribution in [3.05, 3.63) is 0 Å². The second-order valence-electron chi connectivity index (χ2n) is 3.43. The summed E-state index contributed by atoms with van der Waals surface area (Å²) in [5.41, 5.74) is 0. The summed E-state index contributed by atoms with van der Waals surface area (Å²) < 4.78 is 0. The molecule has 74 valence electrons. The third-order valence-corrected chi connectivity index (χ3v) is 2.27. The Morgan fingerprint density at radius 1 is 0.917 bits per heavy atom. The van der Waals surface area contributed by atoms with Gasteiger partial charge >= 0.3 is 0 Å². The van der Waals surface area contributed by atoms with Crippen LogP contribution in [0.5, 0.6) is 0 Å². The number of rotatable bonds is 1. The lowest BCUT2D eigenvalue weighted by Crippen LogP contribution is -2.47. The molecular formula is C10H24N2. The second kappa shape index (κ2) is 6.44. The van der Waals surface area contributed by atoms with Crippen LogP contribution >= 0.6 is 0 Å². The Morgan fingerprint density at radius 3 is 1.67 bits per heavy atom. The number of hydrogen-bond donors (Lipinski definition) is 0. The van der Waals surface area contributed by atoms with Crippen LogP contribution in [0.4, 0.5) is 0 Å². The lowest BCUT2D eigenvalue weighted by molar-refractivity contribution is 0.126. The molecule has 0 radical (unpaired) electrons. The highest BCUT2D eigenvalue weighted by molar-refractivity contribution is 4.71. The molecule has 0 amide bonds. The van der Waals surface area contributed by atoms with Crippen molar-refractivity contribution in [3.8, 4) is 0 Å². The first-order valence-electron chi connectivity index (χ1n) is 5.13. The summed E-state index contributed by atoms with van der Waals surface area (Å²) in [4.78, 5) is 4.92. The molecule has 0 unspecified atom stereocenters. The van der Waals surface area contributed by atoms with Crippen LogP contribution < -0.4 is 0 Å². The summed E-state index contributed by atoms with van der Waals surface area (Å²) in [7, 11) is 2.19. The molecule has 1 heterocycles. The minimum Gasteiger partial charge on any atom is -0.304 e. The molecule has 0 aliphatic carbocycles. The van der Waals surface area contributed by atoms with E-state index >= 15 is 0 Å². The molecule has 12 heavy (non-hydrogen) atoms. The standard InChI is InChI=1S/C8H18N2.C2H6/c1-8(2)10-6-4-9(3)5-7-10;1-2/h8H,4-7H2,1-3H3;1-2H3. The third kappa shape index (κ3) is 4.07. The molecule has 0 bridgehead atoms. The minimum absolute atomic E-state index is 0.730. The number of likely N-dealkylation sites (N-methyl/N-ethyl adjacent to an activating group) is 1. The molecule has 0 atom stereocenters. The Balaban J connectivity index is 0.000000561. The van der Waals surface area contributed by atoms with Crippen LogP contribution in [0.1, 0.15) is 27.7 Å². The maximum atomic E-state index is 2.53. The summed E-state index contributed by atoms with van der Waals surface area (Å²) in [6, 6.07) is 0.730. The van der Waals surface area contributed by atoms with Gasteiger partial charge in [0.15, 0.2) is 0 Å². The Labute approximate surface area is 77.5 Å². The summed E-state index contributed by atoms with van der Waals surface area (Å²) in [6.07, 6.45) is 0. The van der Waals surface area contributed by atoms with E-state index in [2.05, 4.69) is 30.7 Å². The average molecular weight is 172 g/mol. The van der Waals surface area contributed by atoms with Gasteiger partial charge in [0.1, 0.15) is 0 Å². The van der Waals surface area contributed by atoms with Crippen molar-refractivity contribution < 1.29 is 0 Å². The number of nitrogens with zero attached hydrogens (tertiary/aromatic N) is 2. The first-order chi connectivity index (χ1) is 5.70. The van der Waals surface area contributed by atoms with Crippen molar-refractivity contribution in [1.29, 1.82) is 0 Å². The molecule has 0 aromatic carbocycles. The zero-order chi connectivity index (χ0) is 9.56. The highest BCUT2D eigenvalue weighted by atomic mass is 15.3. The number of piperazine rings is 1. The van der Waals surface area contributed by atoms with Gasteiger partial charge in [0, 0.05) is 32.2 Å². The first kappa shape index (κ1) is 11.9. The highest BCUT2D eigenvalue weighted by Gasteiger charge is 2.15. The summed E-state index contributed by atoms with van der Waals surface area (Å²) in [6.45, 7) is 13.5. The van der Waals surface area contributed by atoms with Crippen LogP contribution in [0, 0.1) is 0 Å². The zero-order valence-corrected chi connectivity index (χ0v) is 9.30. The Hall–Kier alpha value is -0.0800. The van der Waals surface area contributed by atoms with Gasteiger partial charge in [-0.05, 0) is 20.9 Å². The number of hydrogen-bond acceptors (Lipinski definition) is 2. The first-order valence-corrected chi connectivity index (χ1v) is 5.13. The lowest BCUT2D eigenvalue weighted by Gasteiger charge is -2.34. The molecule has 1 rings (SSSR count). The van der Waals surface area contributed by atoms with Crippen LogP contribution in [0.25, 0.3) is 0 Å². The Kier molecular flexibility index (Phi) is 6.39. The van der Waals surface area contributed by atoms with Gasteiger partial charge in [0.05, 0.1) is 0 Å². The Bertz CT molecular complexity index is 94.0. The fourth-order valence-electron chi connectivity index (χ4n) is 1.34. The monoisotopic (exact) mass is 172 g/mol. The molecule has 0 saturated carbocycles. The van der Waals surface area contributed by atoms with E-state index in [-0.39, 0.29) is 0 Å². The largest absolute Gasteiger partial charge is 0.304 e. The van der Waals surface area contributed by atoms with Crippen LogP contribution in [-0.4, -0.2) is 49.1 Å². The van der Waals surface area contributed by atoms with E-state index in [0.717, 1.165) is 6.04 Å². The summed E-state index contributed by atoms with van der Waals surface area (Å²) >= 11 is 0. The SMILES string of the molecule is CC.CC(C)N1CCN(C)CC1. The third-order valence-electron chi connectivity index (χ3n) is 2.27. The lowest BCUT2D eigenvalue weighted by atomic mass is 10.2. The molecular weight excluding hydrogens is 148 g/mol. The van der Waals surface area contributed by atoms with Gasteiger partial charge in [0.25, 0.3) is 0 Å². The Morgan fingerprint density at radius 2 is 1.33 bits per heavy atom. The molecule has 1 saturated heterocycles. The van der Waals surface area contributed by atoms with E-state index in [0.29, 0.717) is 0 Å². The zero-order valence-electron chi connectivity index (χ0n) is 9.30. The van der Waals surface area contributed by atoms with Crippen molar-refractivity contribution in [2.75, 3.05) is 33.2 Å². The van der Waals surface area contributed by atoms with Crippen molar-refractivity contribution in [2.45, 2.75) is 33.7 Å². The molecule has 0 aromatic heterocycles.